The van der Waals surface area contributed by atoms with E-state index in [2.05, 4.69) is 0 Å². The lowest BCUT2D eigenvalue weighted by Crippen LogP contribution is -2.23. The number of halogens is 1. The number of pyridine rings is 1. The molecule has 1 saturated carbocycles. The van der Waals surface area contributed by atoms with Crippen molar-refractivity contribution in [3.05, 3.63) is 71.7 Å². The molecule has 3 aromatic rings. The first-order valence-electron chi connectivity index (χ1n) is 9.27. The van der Waals surface area contributed by atoms with Gasteiger partial charge in [-0.1, -0.05) is 30.3 Å². The molecule has 0 atom stereocenters. The van der Waals surface area contributed by atoms with Crippen LogP contribution in [0.15, 0.2) is 54.6 Å². The van der Waals surface area contributed by atoms with Crippen LogP contribution in [0.4, 0.5) is 4.39 Å². The Bertz CT molecular complexity index is 1060. The largest absolute Gasteiger partial charge is 0.274 e. The Balaban J connectivity index is 1.96. The van der Waals surface area contributed by atoms with E-state index in [4.69, 9.17) is 9.82 Å². The summed E-state index contributed by atoms with van der Waals surface area (Å²) >= 11 is 0. The molecule has 0 unspecified atom stereocenters. The van der Waals surface area contributed by atoms with E-state index in [9.17, 15) is 9.18 Å². The third-order valence-corrected chi connectivity index (χ3v) is 5.03. The van der Waals surface area contributed by atoms with Gasteiger partial charge in [0.2, 0.25) is 0 Å². The molecule has 1 heterocycles. The molecule has 0 saturated heterocycles. The number of hydroxylamine groups is 2. The molecule has 28 heavy (non-hydrogen) atoms. The Labute approximate surface area is 163 Å². The minimum Gasteiger partial charge on any atom is -0.274 e. The highest BCUT2D eigenvalue weighted by molar-refractivity contribution is 6.01. The van der Waals surface area contributed by atoms with E-state index in [0.29, 0.717) is 5.92 Å². The maximum absolute atomic E-state index is 13.5. The van der Waals surface area contributed by atoms with Crippen LogP contribution in [0.5, 0.6) is 0 Å². The summed E-state index contributed by atoms with van der Waals surface area (Å²) in [5, 5.41) is 2.14. The molecule has 0 aliphatic heterocycles. The zero-order valence-corrected chi connectivity index (χ0v) is 15.9. The highest BCUT2D eigenvalue weighted by Gasteiger charge is 2.29. The number of rotatable bonds is 5. The average molecular weight is 376 g/mol. The van der Waals surface area contributed by atoms with Gasteiger partial charge in [-0.3, -0.25) is 14.6 Å². The Morgan fingerprint density at radius 3 is 2.57 bits per heavy atom. The summed E-state index contributed by atoms with van der Waals surface area (Å²) in [6.07, 6.45) is 5.47. The van der Waals surface area contributed by atoms with Crippen molar-refractivity contribution in [2.24, 2.45) is 0 Å². The van der Waals surface area contributed by atoms with Gasteiger partial charge in [0.25, 0.3) is 5.91 Å². The van der Waals surface area contributed by atoms with Crippen molar-refractivity contribution in [1.82, 2.24) is 10.0 Å². The van der Waals surface area contributed by atoms with E-state index < -0.39 is 0 Å². The van der Waals surface area contributed by atoms with Crippen LogP contribution in [0.1, 0.15) is 30.0 Å². The second-order valence-electron chi connectivity index (χ2n) is 6.94. The van der Waals surface area contributed by atoms with Gasteiger partial charge in [0.15, 0.2) is 0 Å². The van der Waals surface area contributed by atoms with Gasteiger partial charge < -0.3 is 0 Å². The molecule has 0 radical (unpaired) electrons. The third kappa shape index (κ3) is 3.53. The second-order valence-corrected chi connectivity index (χ2v) is 6.94. The topological polar surface area (TPSA) is 42.4 Å². The predicted octanol–water partition coefficient (Wildman–Crippen LogP) is 4.95. The minimum atomic E-state index is -0.279. The molecule has 1 fully saturated rings. The monoisotopic (exact) mass is 376 g/mol. The van der Waals surface area contributed by atoms with Gasteiger partial charge in [-0.2, -0.15) is 0 Å². The van der Waals surface area contributed by atoms with Crippen molar-refractivity contribution in [1.29, 1.82) is 0 Å². The fraction of sp³-hybridized carbons (Fsp3) is 0.217. The Morgan fingerprint density at radius 1 is 1.18 bits per heavy atom. The van der Waals surface area contributed by atoms with Crippen LogP contribution < -0.4 is 0 Å². The molecular weight excluding hydrogens is 355 g/mol. The Hall–Kier alpha value is -3.05. The highest BCUT2D eigenvalue weighted by Crippen LogP contribution is 2.45. The van der Waals surface area contributed by atoms with Crippen molar-refractivity contribution in [2.75, 3.05) is 14.2 Å². The zero-order chi connectivity index (χ0) is 19.7. The molecule has 1 aromatic heterocycles. The Kier molecular flexibility index (Phi) is 4.92. The van der Waals surface area contributed by atoms with Crippen LogP contribution in [0.2, 0.25) is 0 Å². The van der Waals surface area contributed by atoms with E-state index >= 15 is 0 Å². The number of para-hydroxylation sites is 1. The van der Waals surface area contributed by atoms with Gasteiger partial charge in [0, 0.05) is 35.6 Å². The van der Waals surface area contributed by atoms with Crippen molar-refractivity contribution in [3.63, 3.8) is 0 Å². The van der Waals surface area contributed by atoms with E-state index in [-0.39, 0.29) is 11.7 Å². The fourth-order valence-corrected chi connectivity index (χ4v) is 3.36. The number of amides is 1. The Morgan fingerprint density at radius 2 is 1.89 bits per heavy atom. The van der Waals surface area contributed by atoms with Gasteiger partial charge in [0.1, 0.15) is 5.82 Å². The molecule has 1 amide bonds. The van der Waals surface area contributed by atoms with Crippen LogP contribution in [-0.4, -0.2) is 30.1 Å². The van der Waals surface area contributed by atoms with Gasteiger partial charge in [-0.15, -0.1) is 0 Å². The van der Waals surface area contributed by atoms with Gasteiger partial charge in [-0.05, 0) is 42.7 Å². The first kappa shape index (κ1) is 18.3. The van der Waals surface area contributed by atoms with Crippen LogP contribution in [0.25, 0.3) is 28.1 Å². The molecule has 4 rings (SSSR count). The lowest BCUT2D eigenvalue weighted by Gasteiger charge is -2.16. The number of hydrogen-bond acceptors (Lipinski definition) is 3. The van der Waals surface area contributed by atoms with Gasteiger partial charge >= 0.3 is 0 Å². The number of fused-ring (bicyclic) bond motifs is 1. The molecule has 4 nitrogen and oxygen atoms in total. The minimum absolute atomic E-state index is 0.262. The number of likely N-dealkylation sites (N-methyl/N-ethyl adjacent to an activating group) is 1. The normalized spacial score (nSPS) is 14.0. The summed E-state index contributed by atoms with van der Waals surface area (Å²) < 4.78 is 13.5. The molecular formula is C23H21FN2O2. The molecule has 0 N–H and O–H groups in total. The summed E-state index contributed by atoms with van der Waals surface area (Å²) in [4.78, 5) is 22.1. The maximum atomic E-state index is 13.5. The number of carbonyl (C=O) groups excluding carboxylic acids is 1. The van der Waals surface area contributed by atoms with Crippen molar-refractivity contribution >= 4 is 22.9 Å². The van der Waals surface area contributed by atoms with Crippen LogP contribution in [0, 0.1) is 5.82 Å². The third-order valence-electron chi connectivity index (χ3n) is 5.03. The second kappa shape index (κ2) is 7.52. The predicted molar refractivity (Wildman–Crippen MR) is 108 cm³/mol. The van der Waals surface area contributed by atoms with E-state index in [1.54, 1.807) is 19.2 Å². The van der Waals surface area contributed by atoms with Crippen LogP contribution >= 0.6 is 0 Å². The zero-order valence-electron chi connectivity index (χ0n) is 15.9. The van der Waals surface area contributed by atoms with Crippen LogP contribution in [-0.2, 0) is 9.63 Å². The number of nitrogens with zero attached hydrogens (tertiary/aromatic N) is 2. The first-order valence-corrected chi connectivity index (χ1v) is 9.27. The summed E-state index contributed by atoms with van der Waals surface area (Å²) in [5.74, 6) is -0.153. The number of hydrogen-bond donors (Lipinski definition) is 0. The van der Waals surface area contributed by atoms with Crippen molar-refractivity contribution in [2.45, 2.75) is 18.8 Å². The smallest absolute Gasteiger partial charge is 0.269 e. The summed E-state index contributed by atoms with van der Waals surface area (Å²) in [6.45, 7) is 0. The van der Waals surface area contributed by atoms with E-state index in [0.717, 1.165) is 46.1 Å². The van der Waals surface area contributed by atoms with Crippen molar-refractivity contribution in [3.8, 4) is 11.1 Å². The van der Waals surface area contributed by atoms with Crippen LogP contribution in [0.3, 0.4) is 0 Å². The summed E-state index contributed by atoms with van der Waals surface area (Å²) in [6, 6.07) is 14.4. The molecule has 1 aliphatic rings. The van der Waals surface area contributed by atoms with Crippen molar-refractivity contribution < 1.29 is 14.0 Å². The maximum Gasteiger partial charge on any atom is 0.269 e. The van der Waals surface area contributed by atoms with Gasteiger partial charge in [0.05, 0.1) is 18.3 Å². The summed E-state index contributed by atoms with van der Waals surface area (Å²) in [5.41, 5.74) is 4.67. The molecule has 1 aliphatic carbocycles. The first-order chi connectivity index (χ1) is 13.6. The number of carbonyl (C=O) groups is 1. The molecule has 0 spiro atoms. The molecule has 0 bridgehead atoms. The standard InChI is InChI=1S/C23H21FN2O2/c1-26(28-2)21(27)14-13-19-22(15-9-11-17(24)12-10-15)18-5-3-4-6-20(18)25-23(19)16-7-8-16/h3-6,9-14,16H,7-8H2,1-2H3. The lowest BCUT2D eigenvalue weighted by atomic mass is 9.92. The SMILES string of the molecule is CON(C)C(=O)C=Cc1c(C2CC2)nc2ccccc2c1-c1ccc(F)cc1. The number of aromatic nitrogens is 1. The van der Waals surface area contributed by atoms with E-state index in [1.165, 1.54) is 30.4 Å². The summed E-state index contributed by atoms with van der Waals surface area (Å²) in [7, 11) is 3.01. The lowest BCUT2D eigenvalue weighted by molar-refractivity contribution is -0.162. The van der Waals surface area contributed by atoms with E-state index in [1.807, 2.05) is 30.3 Å². The quantitative estimate of drug-likeness (QED) is 0.467. The number of benzene rings is 2. The molecule has 2 aromatic carbocycles. The molecule has 5 heteroatoms. The average Bonchev–Trinajstić information content (AvgIpc) is 3.56. The molecule has 142 valence electrons. The van der Waals surface area contributed by atoms with Gasteiger partial charge in [-0.25, -0.2) is 9.45 Å². The highest BCUT2D eigenvalue weighted by atomic mass is 19.1. The fourth-order valence-electron chi connectivity index (χ4n) is 3.36.